The molecule has 0 saturated heterocycles. The van der Waals surface area contributed by atoms with Crippen molar-refractivity contribution in [1.29, 1.82) is 0 Å². The fourth-order valence-corrected chi connectivity index (χ4v) is 4.48. The number of alkyl halides is 2. The molecule has 1 aliphatic carbocycles. The SMILES string of the molecule is CS(=O)(=O)NC1CCC(N2C=CCc3cc(F)c(OC(F)F)cc32)CC1. The standard InChI is InChI=1S/C17H21F3N2O3S/c1-26(23,24)21-12-4-6-13(7-5-12)22-8-2-3-11-9-14(18)16(10-15(11)22)25-17(19)20/h2,8-10,12-13,17,21H,3-7H2,1H3. The number of hydrogen-bond acceptors (Lipinski definition) is 4. The summed E-state index contributed by atoms with van der Waals surface area (Å²) in [5, 5.41) is 0. The predicted octanol–water partition coefficient (Wildman–Crippen LogP) is 3.16. The smallest absolute Gasteiger partial charge is 0.387 e. The first-order valence-corrected chi connectivity index (χ1v) is 10.3. The Bertz CT molecular complexity index is 791. The van der Waals surface area contributed by atoms with Crippen LogP contribution in [0.3, 0.4) is 0 Å². The van der Waals surface area contributed by atoms with Gasteiger partial charge in [-0.3, -0.25) is 0 Å². The molecule has 1 N–H and O–H groups in total. The number of hydrogen-bond donors (Lipinski definition) is 1. The van der Waals surface area contributed by atoms with Gasteiger partial charge < -0.3 is 9.64 Å². The summed E-state index contributed by atoms with van der Waals surface area (Å²) in [6.07, 6.45) is 8.26. The summed E-state index contributed by atoms with van der Waals surface area (Å²) in [7, 11) is -3.24. The molecule has 5 nitrogen and oxygen atoms in total. The van der Waals surface area contributed by atoms with Crippen LogP contribution < -0.4 is 14.4 Å². The summed E-state index contributed by atoms with van der Waals surface area (Å²) in [5.41, 5.74) is 1.37. The van der Waals surface area contributed by atoms with E-state index < -0.39 is 28.2 Å². The average molecular weight is 390 g/mol. The first kappa shape index (κ1) is 19.0. The van der Waals surface area contributed by atoms with Crippen molar-refractivity contribution in [3.63, 3.8) is 0 Å². The van der Waals surface area contributed by atoms with Crippen molar-refractivity contribution in [1.82, 2.24) is 4.72 Å². The van der Waals surface area contributed by atoms with Crippen molar-refractivity contribution in [3.05, 3.63) is 35.8 Å². The van der Waals surface area contributed by atoms with Crippen molar-refractivity contribution >= 4 is 15.7 Å². The Balaban J connectivity index is 1.76. The highest BCUT2D eigenvalue weighted by molar-refractivity contribution is 7.88. The quantitative estimate of drug-likeness (QED) is 0.839. The van der Waals surface area contributed by atoms with Crippen molar-refractivity contribution in [2.24, 2.45) is 0 Å². The lowest BCUT2D eigenvalue weighted by molar-refractivity contribution is -0.0521. The molecule has 144 valence electrons. The fraction of sp³-hybridized carbons (Fsp3) is 0.529. The maximum absolute atomic E-state index is 13.9. The minimum absolute atomic E-state index is 0.0905. The molecular weight excluding hydrogens is 369 g/mol. The highest BCUT2D eigenvalue weighted by Gasteiger charge is 2.29. The lowest BCUT2D eigenvalue weighted by Gasteiger charge is -2.38. The Morgan fingerprint density at radius 3 is 2.54 bits per heavy atom. The zero-order valence-electron chi connectivity index (χ0n) is 14.3. The summed E-state index contributed by atoms with van der Waals surface area (Å²) in [4.78, 5) is 1.95. The third-order valence-electron chi connectivity index (χ3n) is 4.70. The molecule has 0 unspecified atom stereocenters. The molecule has 1 saturated carbocycles. The van der Waals surface area contributed by atoms with E-state index in [1.54, 1.807) is 0 Å². The van der Waals surface area contributed by atoms with E-state index in [1.165, 1.54) is 12.1 Å². The molecule has 1 aromatic carbocycles. The number of ether oxygens (including phenoxy) is 1. The maximum Gasteiger partial charge on any atom is 0.387 e. The molecule has 1 aliphatic heterocycles. The molecule has 1 aromatic rings. The van der Waals surface area contributed by atoms with Gasteiger partial charge in [0.15, 0.2) is 11.6 Å². The monoisotopic (exact) mass is 390 g/mol. The summed E-state index contributed by atoms with van der Waals surface area (Å²) in [6.45, 7) is -3.09. The number of nitrogens with one attached hydrogen (secondary N) is 1. The van der Waals surface area contributed by atoms with E-state index in [1.807, 2.05) is 17.2 Å². The Hall–Kier alpha value is -1.74. The zero-order chi connectivity index (χ0) is 18.9. The second-order valence-corrected chi connectivity index (χ2v) is 8.46. The molecule has 3 rings (SSSR count). The third kappa shape index (κ3) is 4.50. The summed E-state index contributed by atoms with van der Waals surface area (Å²) >= 11 is 0. The van der Waals surface area contributed by atoms with Crippen LogP contribution in [-0.2, 0) is 16.4 Å². The number of sulfonamides is 1. The van der Waals surface area contributed by atoms with E-state index in [0.29, 0.717) is 30.5 Å². The number of allylic oxidation sites excluding steroid dienone is 1. The van der Waals surface area contributed by atoms with E-state index in [9.17, 15) is 21.6 Å². The van der Waals surface area contributed by atoms with E-state index >= 15 is 0 Å². The highest BCUT2D eigenvalue weighted by Crippen LogP contribution is 2.37. The van der Waals surface area contributed by atoms with Crippen molar-refractivity contribution in [2.75, 3.05) is 11.2 Å². The Morgan fingerprint density at radius 1 is 1.23 bits per heavy atom. The molecule has 9 heteroatoms. The van der Waals surface area contributed by atoms with Gasteiger partial charge in [0.2, 0.25) is 10.0 Å². The van der Waals surface area contributed by atoms with Gasteiger partial charge in [-0.2, -0.15) is 8.78 Å². The van der Waals surface area contributed by atoms with Gasteiger partial charge in [0.05, 0.1) is 6.26 Å². The highest BCUT2D eigenvalue weighted by atomic mass is 32.2. The van der Waals surface area contributed by atoms with Crippen LogP contribution in [0, 0.1) is 5.82 Å². The molecule has 0 spiro atoms. The third-order valence-corrected chi connectivity index (χ3v) is 5.46. The van der Waals surface area contributed by atoms with Gasteiger partial charge in [0, 0.05) is 30.0 Å². The van der Waals surface area contributed by atoms with E-state index in [0.717, 1.165) is 19.1 Å². The van der Waals surface area contributed by atoms with Crippen LogP contribution in [0.25, 0.3) is 0 Å². The van der Waals surface area contributed by atoms with Crippen LogP contribution in [0.15, 0.2) is 24.4 Å². The molecule has 2 aliphatic rings. The van der Waals surface area contributed by atoms with E-state index in [4.69, 9.17) is 0 Å². The van der Waals surface area contributed by atoms with Gasteiger partial charge in [-0.15, -0.1) is 0 Å². The molecule has 0 bridgehead atoms. The lowest BCUT2D eigenvalue weighted by Crippen LogP contribution is -2.42. The second-order valence-electron chi connectivity index (χ2n) is 6.68. The van der Waals surface area contributed by atoms with Crippen LogP contribution in [0.4, 0.5) is 18.9 Å². The van der Waals surface area contributed by atoms with E-state index in [-0.39, 0.29) is 12.1 Å². The molecule has 0 amide bonds. The molecule has 1 heterocycles. The van der Waals surface area contributed by atoms with Crippen molar-refractivity contribution in [2.45, 2.75) is 50.8 Å². The fourth-order valence-electron chi connectivity index (χ4n) is 3.64. The minimum Gasteiger partial charge on any atom is -0.432 e. The topological polar surface area (TPSA) is 58.6 Å². The van der Waals surface area contributed by atoms with E-state index in [2.05, 4.69) is 9.46 Å². The normalized spacial score (nSPS) is 23.2. The number of anilines is 1. The molecular formula is C17H21F3N2O3S. The van der Waals surface area contributed by atoms with Crippen LogP contribution in [-0.4, -0.2) is 33.4 Å². The van der Waals surface area contributed by atoms with Gasteiger partial charge in [0.25, 0.3) is 0 Å². The summed E-state index contributed by atoms with van der Waals surface area (Å²) in [6, 6.07) is 2.55. The van der Waals surface area contributed by atoms with Crippen molar-refractivity contribution in [3.8, 4) is 5.75 Å². The predicted molar refractivity (Wildman–Crippen MR) is 92.4 cm³/mol. The molecule has 1 fully saturated rings. The number of rotatable bonds is 5. The Morgan fingerprint density at radius 2 is 1.92 bits per heavy atom. The largest absolute Gasteiger partial charge is 0.432 e. The summed E-state index contributed by atoms with van der Waals surface area (Å²) in [5.74, 6) is -1.27. The van der Waals surface area contributed by atoms with Gasteiger partial charge in [-0.25, -0.2) is 17.5 Å². The number of fused-ring (bicyclic) bond motifs is 1. The van der Waals surface area contributed by atoms with Crippen LogP contribution >= 0.6 is 0 Å². The number of benzene rings is 1. The first-order chi connectivity index (χ1) is 12.2. The zero-order valence-corrected chi connectivity index (χ0v) is 15.1. The second kappa shape index (κ2) is 7.48. The Kier molecular flexibility index (Phi) is 5.47. The van der Waals surface area contributed by atoms with Gasteiger partial charge in [-0.1, -0.05) is 6.08 Å². The molecule has 0 atom stereocenters. The molecule has 26 heavy (non-hydrogen) atoms. The summed E-state index contributed by atoms with van der Waals surface area (Å²) < 4.78 is 68.6. The lowest BCUT2D eigenvalue weighted by atomic mass is 9.89. The Labute approximate surface area is 150 Å². The van der Waals surface area contributed by atoms with Gasteiger partial charge in [0.1, 0.15) is 0 Å². The van der Waals surface area contributed by atoms with Gasteiger partial charge in [-0.05, 0) is 43.7 Å². The minimum atomic E-state index is -3.24. The number of nitrogens with zero attached hydrogens (tertiary/aromatic N) is 1. The average Bonchev–Trinajstić information content (AvgIpc) is 2.54. The van der Waals surface area contributed by atoms with Crippen LogP contribution in [0.2, 0.25) is 0 Å². The maximum atomic E-state index is 13.9. The van der Waals surface area contributed by atoms with Crippen LogP contribution in [0.5, 0.6) is 5.75 Å². The van der Waals surface area contributed by atoms with Crippen molar-refractivity contribution < 1.29 is 26.3 Å². The number of halogens is 3. The molecule has 0 radical (unpaired) electrons. The van der Waals surface area contributed by atoms with Gasteiger partial charge >= 0.3 is 6.61 Å². The first-order valence-electron chi connectivity index (χ1n) is 8.42. The molecule has 0 aromatic heterocycles. The van der Waals surface area contributed by atoms with Crippen LogP contribution in [0.1, 0.15) is 31.2 Å².